The molecule has 1 heterocycles. The summed E-state index contributed by atoms with van der Waals surface area (Å²) in [5, 5.41) is 17.8. The number of rotatable bonds is 9. The van der Waals surface area contributed by atoms with Crippen molar-refractivity contribution < 1.29 is 15.0 Å². The Hall–Kier alpha value is -0.810. The van der Waals surface area contributed by atoms with Crippen molar-refractivity contribution in [3.05, 3.63) is 0 Å². The summed E-state index contributed by atoms with van der Waals surface area (Å²) in [7, 11) is 0. The number of likely N-dealkylation sites (N-methyl/N-ethyl adjacent to an activating group) is 1. The first-order chi connectivity index (χ1) is 9.67. The van der Waals surface area contributed by atoms with Crippen LogP contribution in [0.15, 0.2) is 0 Å². The molecule has 0 spiro atoms. The Kier molecular flexibility index (Phi) is 8.62. The Bertz CT molecular complexity index is 266. The molecule has 0 aromatic rings. The van der Waals surface area contributed by atoms with Gasteiger partial charge < -0.3 is 20.0 Å². The average Bonchev–Trinajstić information content (AvgIpc) is 2.46. The zero-order valence-electron chi connectivity index (χ0n) is 12.8. The number of carboxylic acid groups (broad SMARTS) is 1. The quantitative estimate of drug-likeness (QED) is 0.638. The number of aliphatic hydroxyl groups is 1. The monoisotopic (exact) mass is 286 g/mol. The van der Waals surface area contributed by atoms with Crippen molar-refractivity contribution in [2.75, 3.05) is 39.3 Å². The summed E-state index contributed by atoms with van der Waals surface area (Å²) in [6.45, 7) is 6.66. The molecule has 5 nitrogen and oxygen atoms in total. The van der Waals surface area contributed by atoms with E-state index in [0.29, 0.717) is 19.0 Å². The maximum absolute atomic E-state index is 10.8. The van der Waals surface area contributed by atoms with Crippen LogP contribution in [-0.2, 0) is 0 Å². The molecular weight excluding hydrogens is 256 g/mol. The lowest BCUT2D eigenvalue weighted by molar-refractivity contribution is 0.122. The van der Waals surface area contributed by atoms with E-state index in [1.165, 1.54) is 30.6 Å². The molecule has 0 aromatic heterocycles. The normalized spacial score (nSPS) is 16.9. The summed E-state index contributed by atoms with van der Waals surface area (Å²) in [4.78, 5) is 14.6. The number of likely N-dealkylation sites (tertiary alicyclic amines) is 1. The third kappa shape index (κ3) is 6.57. The number of nitrogens with zero attached hydrogens (tertiary/aromatic N) is 2. The highest BCUT2D eigenvalue weighted by atomic mass is 16.4. The van der Waals surface area contributed by atoms with E-state index in [1.54, 1.807) is 0 Å². The van der Waals surface area contributed by atoms with E-state index in [1.807, 2.05) is 0 Å². The second kappa shape index (κ2) is 10.00. The lowest BCUT2D eigenvalue weighted by atomic mass is 9.91. The van der Waals surface area contributed by atoms with Gasteiger partial charge in [-0.15, -0.1) is 0 Å². The van der Waals surface area contributed by atoms with E-state index in [-0.39, 0.29) is 6.61 Å². The molecule has 1 fully saturated rings. The molecule has 0 atom stereocenters. The largest absolute Gasteiger partial charge is 0.465 e. The van der Waals surface area contributed by atoms with Gasteiger partial charge in [0.25, 0.3) is 0 Å². The summed E-state index contributed by atoms with van der Waals surface area (Å²) in [6.07, 6.45) is 6.19. The van der Waals surface area contributed by atoms with Gasteiger partial charge in [-0.05, 0) is 38.3 Å². The summed E-state index contributed by atoms with van der Waals surface area (Å²) >= 11 is 0. The maximum atomic E-state index is 10.8. The minimum absolute atomic E-state index is 0.246. The third-order valence-electron chi connectivity index (χ3n) is 4.34. The van der Waals surface area contributed by atoms with Gasteiger partial charge in [0.15, 0.2) is 0 Å². The van der Waals surface area contributed by atoms with Crippen LogP contribution in [0.3, 0.4) is 0 Å². The molecule has 20 heavy (non-hydrogen) atoms. The second-order valence-corrected chi connectivity index (χ2v) is 5.72. The van der Waals surface area contributed by atoms with Crippen molar-refractivity contribution >= 4 is 6.09 Å². The number of hydrogen-bond donors (Lipinski definition) is 2. The molecule has 2 N–H and O–H groups in total. The number of unbranched alkanes of at least 4 members (excludes halogenated alkanes) is 2. The molecule has 1 rings (SSSR count). The highest BCUT2D eigenvalue weighted by Crippen LogP contribution is 2.22. The van der Waals surface area contributed by atoms with E-state index >= 15 is 0 Å². The van der Waals surface area contributed by atoms with Crippen LogP contribution in [0.1, 0.15) is 45.4 Å². The fourth-order valence-electron chi connectivity index (χ4n) is 2.93. The van der Waals surface area contributed by atoms with Gasteiger partial charge in [0, 0.05) is 19.6 Å². The number of hydrogen-bond acceptors (Lipinski definition) is 3. The number of carbonyl (C=O) groups is 1. The first-order valence-corrected chi connectivity index (χ1v) is 7.98. The molecule has 1 aliphatic heterocycles. The molecule has 1 amide bonds. The number of aliphatic hydroxyl groups excluding tert-OH is 1. The van der Waals surface area contributed by atoms with Gasteiger partial charge in [0.2, 0.25) is 0 Å². The second-order valence-electron chi connectivity index (χ2n) is 5.72. The third-order valence-corrected chi connectivity index (χ3v) is 4.34. The Labute approximate surface area is 122 Å². The van der Waals surface area contributed by atoms with Crippen LogP contribution in [-0.4, -0.2) is 65.4 Å². The molecule has 5 heteroatoms. The zero-order chi connectivity index (χ0) is 14.8. The predicted molar refractivity (Wildman–Crippen MR) is 80.0 cm³/mol. The maximum Gasteiger partial charge on any atom is 0.407 e. The first kappa shape index (κ1) is 17.2. The van der Waals surface area contributed by atoms with Crippen molar-refractivity contribution in [3.63, 3.8) is 0 Å². The minimum atomic E-state index is -0.771. The summed E-state index contributed by atoms with van der Waals surface area (Å²) in [5.74, 6) is 0.713. The summed E-state index contributed by atoms with van der Waals surface area (Å²) in [6, 6.07) is 0. The predicted octanol–water partition coefficient (Wildman–Crippen LogP) is 2.25. The van der Waals surface area contributed by atoms with E-state index in [0.717, 1.165) is 32.5 Å². The van der Waals surface area contributed by atoms with Gasteiger partial charge in [-0.3, -0.25) is 0 Å². The Morgan fingerprint density at radius 3 is 2.45 bits per heavy atom. The molecular formula is C15H30N2O3. The Morgan fingerprint density at radius 2 is 1.90 bits per heavy atom. The highest BCUT2D eigenvalue weighted by molar-refractivity contribution is 5.64. The lowest BCUT2D eigenvalue weighted by Gasteiger charge is -2.30. The van der Waals surface area contributed by atoms with Gasteiger partial charge in [-0.1, -0.05) is 26.2 Å². The van der Waals surface area contributed by atoms with Crippen molar-refractivity contribution in [2.24, 2.45) is 5.92 Å². The van der Waals surface area contributed by atoms with E-state index in [2.05, 4.69) is 11.8 Å². The van der Waals surface area contributed by atoms with Crippen LogP contribution >= 0.6 is 0 Å². The van der Waals surface area contributed by atoms with Crippen molar-refractivity contribution in [1.82, 2.24) is 9.80 Å². The Morgan fingerprint density at radius 1 is 1.20 bits per heavy atom. The van der Waals surface area contributed by atoms with Gasteiger partial charge in [-0.2, -0.15) is 0 Å². The molecule has 0 aliphatic carbocycles. The van der Waals surface area contributed by atoms with Crippen molar-refractivity contribution in [2.45, 2.75) is 45.4 Å². The molecule has 0 unspecified atom stereocenters. The van der Waals surface area contributed by atoms with Gasteiger partial charge in [0.1, 0.15) is 0 Å². The fourth-order valence-corrected chi connectivity index (χ4v) is 2.93. The summed E-state index contributed by atoms with van der Waals surface area (Å²) < 4.78 is 0. The van der Waals surface area contributed by atoms with Crippen LogP contribution in [0.5, 0.6) is 0 Å². The van der Waals surface area contributed by atoms with E-state index in [4.69, 9.17) is 10.2 Å². The average molecular weight is 286 g/mol. The van der Waals surface area contributed by atoms with Crippen LogP contribution in [0, 0.1) is 5.92 Å². The molecule has 0 saturated carbocycles. The topological polar surface area (TPSA) is 64.0 Å². The SMILES string of the molecule is CCN(CCO)CCCCCC1CCN(C(=O)O)CC1. The van der Waals surface area contributed by atoms with E-state index < -0.39 is 6.09 Å². The van der Waals surface area contributed by atoms with Crippen LogP contribution in [0.4, 0.5) is 4.79 Å². The smallest absolute Gasteiger partial charge is 0.407 e. The number of piperidine rings is 1. The lowest BCUT2D eigenvalue weighted by Crippen LogP contribution is -2.37. The summed E-state index contributed by atoms with van der Waals surface area (Å²) in [5.41, 5.74) is 0. The first-order valence-electron chi connectivity index (χ1n) is 7.98. The van der Waals surface area contributed by atoms with Crippen molar-refractivity contribution in [1.29, 1.82) is 0 Å². The van der Waals surface area contributed by atoms with Crippen molar-refractivity contribution in [3.8, 4) is 0 Å². The van der Waals surface area contributed by atoms with E-state index in [9.17, 15) is 4.79 Å². The molecule has 118 valence electrons. The molecule has 1 aliphatic rings. The molecule has 0 radical (unpaired) electrons. The molecule has 1 saturated heterocycles. The number of amides is 1. The van der Waals surface area contributed by atoms with Crippen LogP contribution in [0.25, 0.3) is 0 Å². The zero-order valence-corrected chi connectivity index (χ0v) is 12.8. The Balaban J connectivity index is 2.01. The minimum Gasteiger partial charge on any atom is -0.465 e. The molecule has 0 bridgehead atoms. The van der Waals surface area contributed by atoms with Gasteiger partial charge in [-0.25, -0.2) is 4.79 Å². The van der Waals surface area contributed by atoms with Crippen LogP contribution in [0.2, 0.25) is 0 Å². The van der Waals surface area contributed by atoms with Crippen LogP contribution < -0.4 is 0 Å². The van der Waals surface area contributed by atoms with Gasteiger partial charge in [0.05, 0.1) is 6.61 Å². The standard InChI is InChI=1S/C15H30N2O3/c1-2-16(12-13-18)9-5-3-4-6-14-7-10-17(11-8-14)15(19)20/h14,18H,2-13H2,1H3,(H,19,20). The fraction of sp³-hybridized carbons (Fsp3) is 0.933. The van der Waals surface area contributed by atoms with Gasteiger partial charge >= 0.3 is 6.09 Å². The molecule has 0 aromatic carbocycles. The highest BCUT2D eigenvalue weighted by Gasteiger charge is 2.21.